The number of ketones is 1. The van der Waals surface area contributed by atoms with Crippen molar-refractivity contribution in [2.24, 2.45) is 17.8 Å². The lowest BCUT2D eigenvalue weighted by Gasteiger charge is -2.27. The summed E-state index contributed by atoms with van der Waals surface area (Å²) in [6.07, 6.45) is 4.44. The first-order chi connectivity index (χ1) is 16.5. The minimum atomic E-state index is -0.433. The molecule has 2 atom stereocenters. The van der Waals surface area contributed by atoms with Crippen molar-refractivity contribution >= 4 is 45.5 Å². The van der Waals surface area contributed by atoms with E-state index in [9.17, 15) is 9.59 Å². The van der Waals surface area contributed by atoms with Gasteiger partial charge < -0.3 is 14.4 Å². The third-order valence-electron chi connectivity index (χ3n) is 6.43. The fourth-order valence-electron chi connectivity index (χ4n) is 4.34. The number of aromatic nitrogens is 2. The number of carbonyl (C=O) groups excluding carboxylic acids is 2. The number of hydrogen-bond donors (Lipinski definition) is 0. The number of carbonyl (C=O) groups is 2. The Morgan fingerprint density at radius 3 is 2.56 bits per heavy atom. The Bertz CT molecular complexity index is 1260. The topological polar surface area (TPSA) is 81.6 Å². The van der Waals surface area contributed by atoms with Crippen molar-refractivity contribution in [3.8, 4) is 5.88 Å². The van der Waals surface area contributed by atoms with Crippen LogP contribution >= 0.6 is 11.6 Å². The predicted molar refractivity (Wildman–Crippen MR) is 130 cm³/mol. The highest BCUT2D eigenvalue weighted by Gasteiger charge is 2.50. The number of halogens is 1. The molecule has 176 valence electrons. The van der Waals surface area contributed by atoms with E-state index in [1.54, 1.807) is 13.1 Å². The minimum Gasteiger partial charge on any atom is -0.479 e. The first-order valence-electron chi connectivity index (χ1n) is 11.6. The largest absolute Gasteiger partial charge is 0.479 e. The van der Waals surface area contributed by atoms with Gasteiger partial charge in [0.15, 0.2) is 5.82 Å². The maximum absolute atomic E-state index is 12.9. The zero-order valence-electron chi connectivity index (χ0n) is 19.2. The number of Topliss-reactive ketones (excluding diaryl/α,β-unsaturated/α-hetero) is 1. The molecule has 2 saturated carbocycles. The molecule has 0 N–H and O–H groups in total. The summed E-state index contributed by atoms with van der Waals surface area (Å²) in [6, 6.07) is 11.9. The van der Waals surface area contributed by atoms with E-state index in [1.165, 1.54) is 20.0 Å². The molecule has 2 aromatic carbocycles. The molecule has 34 heavy (non-hydrogen) atoms. The number of esters is 1. The third kappa shape index (κ3) is 4.32. The molecule has 0 saturated heterocycles. The van der Waals surface area contributed by atoms with E-state index in [4.69, 9.17) is 21.1 Å². The summed E-state index contributed by atoms with van der Waals surface area (Å²) in [7, 11) is 1.54. The smallest absolute Gasteiger partial charge is 0.309 e. The highest BCUT2D eigenvalue weighted by molar-refractivity contribution is 6.36. The van der Waals surface area contributed by atoms with E-state index in [0.29, 0.717) is 35.5 Å². The third-order valence-corrected chi connectivity index (χ3v) is 6.76. The average molecular weight is 480 g/mol. The molecular formula is C26H26ClN3O4. The van der Waals surface area contributed by atoms with Gasteiger partial charge in [-0.25, -0.2) is 4.98 Å². The van der Waals surface area contributed by atoms with Crippen LogP contribution in [0.3, 0.4) is 0 Å². The van der Waals surface area contributed by atoms with Gasteiger partial charge in [0.25, 0.3) is 0 Å². The van der Waals surface area contributed by atoms with E-state index in [0.717, 1.165) is 23.0 Å². The Labute approximate surface area is 203 Å². The number of ether oxygens (including phenoxy) is 2. The molecule has 1 heterocycles. The number of rotatable bonds is 9. The molecule has 1 aromatic heterocycles. The number of anilines is 2. The number of benzene rings is 2. The van der Waals surface area contributed by atoms with Gasteiger partial charge >= 0.3 is 5.97 Å². The predicted octanol–water partition coefficient (Wildman–Crippen LogP) is 5.22. The molecule has 8 heteroatoms. The zero-order chi connectivity index (χ0) is 23.8. The van der Waals surface area contributed by atoms with Gasteiger partial charge in [0, 0.05) is 33.9 Å². The minimum absolute atomic E-state index is 0.0599. The Morgan fingerprint density at radius 2 is 1.85 bits per heavy atom. The molecule has 2 aliphatic carbocycles. The number of fused-ring (bicyclic) bond motifs is 1. The molecule has 7 nitrogen and oxygen atoms in total. The Morgan fingerprint density at radius 1 is 1.09 bits per heavy atom. The molecule has 3 aromatic rings. The van der Waals surface area contributed by atoms with Crippen molar-refractivity contribution in [1.29, 1.82) is 0 Å². The Kier molecular flexibility index (Phi) is 6.13. The number of methoxy groups -OCH3 is 1. The monoisotopic (exact) mass is 479 g/mol. The zero-order valence-corrected chi connectivity index (χ0v) is 19.9. The first-order valence-corrected chi connectivity index (χ1v) is 12.0. The van der Waals surface area contributed by atoms with Crippen LogP contribution in [0.25, 0.3) is 10.8 Å². The lowest BCUT2D eigenvalue weighted by atomic mass is 10.1. The summed E-state index contributed by atoms with van der Waals surface area (Å²) in [5.41, 5.74) is 1.67. The molecule has 0 spiro atoms. The van der Waals surface area contributed by atoms with E-state index in [2.05, 4.69) is 14.9 Å². The lowest BCUT2D eigenvalue weighted by molar-refractivity contribution is -0.144. The van der Waals surface area contributed by atoms with Crippen molar-refractivity contribution in [3.05, 3.63) is 53.4 Å². The lowest BCUT2D eigenvalue weighted by Crippen LogP contribution is -2.22. The second-order valence-electron chi connectivity index (χ2n) is 8.82. The van der Waals surface area contributed by atoms with Gasteiger partial charge in [-0.1, -0.05) is 35.9 Å². The van der Waals surface area contributed by atoms with Crippen LogP contribution in [0.15, 0.2) is 42.6 Å². The van der Waals surface area contributed by atoms with Crippen molar-refractivity contribution in [3.63, 3.8) is 0 Å². The molecular weight excluding hydrogens is 454 g/mol. The van der Waals surface area contributed by atoms with Gasteiger partial charge in [-0.3, -0.25) is 9.59 Å². The molecule has 0 bridgehead atoms. The van der Waals surface area contributed by atoms with Gasteiger partial charge in [-0.05, 0) is 44.2 Å². The van der Waals surface area contributed by atoms with Crippen molar-refractivity contribution < 1.29 is 19.1 Å². The highest BCUT2D eigenvalue weighted by atomic mass is 35.5. The average Bonchev–Trinajstić information content (AvgIpc) is 3.78. The van der Waals surface area contributed by atoms with Gasteiger partial charge in [-0.2, -0.15) is 4.98 Å². The maximum Gasteiger partial charge on any atom is 0.309 e. The molecule has 0 amide bonds. The summed E-state index contributed by atoms with van der Waals surface area (Å²) < 4.78 is 10.7. The SMILES string of the molecule is CCOC(=O)C1CC1C(=O)c1ncc(N(CC2CC2)c2ccc(Cl)c3ccccc23)c(OC)n1. The molecule has 2 unspecified atom stereocenters. The fourth-order valence-corrected chi connectivity index (χ4v) is 4.57. The Hall–Kier alpha value is -3.19. The van der Waals surface area contributed by atoms with Crippen LogP contribution in [-0.4, -0.2) is 42.0 Å². The first kappa shape index (κ1) is 22.6. The van der Waals surface area contributed by atoms with Crippen LogP contribution in [0.4, 0.5) is 11.4 Å². The van der Waals surface area contributed by atoms with Crippen molar-refractivity contribution in [1.82, 2.24) is 9.97 Å². The molecule has 0 radical (unpaired) electrons. The maximum atomic E-state index is 12.9. The second kappa shape index (κ2) is 9.22. The molecule has 0 aliphatic heterocycles. The van der Waals surface area contributed by atoms with Gasteiger partial charge in [0.1, 0.15) is 5.69 Å². The van der Waals surface area contributed by atoms with Gasteiger partial charge in [0.05, 0.1) is 25.8 Å². The fraction of sp³-hybridized carbons (Fsp3) is 0.385. The van der Waals surface area contributed by atoms with Crippen LogP contribution in [0.2, 0.25) is 5.02 Å². The van der Waals surface area contributed by atoms with Crippen molar-refractivity contribution in [2.75, 3.05) is 25.2 Å². The van der Waals surface area contributed by atoms with Gasteiger partial charge in [-0.15, -0.1) is 0 Å². The standard InChI is InChI=1S/C26H26ClN3O4/c1-3-34-26(32)19-12-18(19)23(31)24-28-13-22(25(29-24)33-2)30(14-15-8-9-15)21-11-10-20(27)16-6-4-5-7-17(16)21/h4-7,10-11,13,15,18-19H,3,8-9,12,14H2,1-2H3. The quantitative estimate of drug-likeness (QED) is 0.307. The highest BCUT2D eigenvalue weighted by Crippen LogP contribution is 2.44. The van der Waals surface area contributed by atoms with Crippen LogP contribution in [0, 0.1) is 17.8 Å². The van der Waals surface area contributed by atoms with Gasteiger partial charge in [0.2, 0.25) is 11.7 Å². The van der Waals surface area contributed by atoms with Crippen LogP contribution < -0.4 is 9.64 Å². The summed E-state index contributed by atoms with van der Waals surface area (Å²) in [5, 5.41) is 2.68. The summed E-state index contributed by atoms with van der Waals surface area (Å²) >= 11 is 6.46. The Balaban J connectivity index is 1.49. The van der Waals surface area contributed by atoms with E-state index < -0.39 is 11.8 Å². The molecule has 2 fully saturated rings. The van der Waals surface area contributed by atoms with E-state index in [-0.39, 0.29) is 17.6 Å². The number of nitrogens with zero attached hydrogens (tertiary/aromatic N) is 3. The molecule has 5 rings (SSSR count). The molecule has 2 aliphatic rings. The van der Waals surface area contributed by atoms with E-state index in [1.807, 2.05) is 36.4 Å². The van der Waals surface area contributed by atoms with Crippen molar-refractivity contribution in [2.45, 2.75) is 26.2 Å². The summed E-state index contributed by atoms with van der Waals surface area (Å²) in [6.45, 7) is 2.83. The second-order valence-corrected chi connectivity index (χ2v) is 9.23. The normalized spacial score (nSPS) is 19.0. The van der Waals surface area contributed by atoms with E-state index >= 15 is 0 Å². The van der Waals surface area contributed by atoms with Crippen LogP contribution in [0.1, 0.15) is 36.8 Å². The van der Waals surface area contributed by atoms with Crippen LogP contribution in [-0.2, 0) is 9.53 Å². The summed E-state index contributed by atoms with van der Waals surface area (Å²) in [5.74, 6) is -0.484. The summed E-state index contributed by atoms with van der Waals surface area (Å²) in [4.78, 5) is 35.9. The number of hydrogen-bond acceptors (Lipinski definition) is 7. The van der Waals surface area contributed by atoms with Crippen LogP contribution in [0.5, 0.6) is 5.88 Å².